The first-order valence-corrected chi connectivity index (χ1v) is 4.47. The van der Waals surface area contributed by atoms with Gasteiger partial charge in [-0.05, 0) is 17.7 Å². The van der Waals surface area contributed by atoms with Crippen molar-refractivity contribution in [3.8, 4) is 5.75 Å². The molecule has 5 nitrogen and oxygen atoms in total. The van der Waals surface area contributed by atoms with Crippen LogP contribution in [0.15, 0.2) is 18.2 Å². The second-order valence-electron chi connectivity index (χ2n) is 3.20. The quantitative estimate of drug-likeness (QED) is 0.689. The number of aliphatic hydroxyl groups excluding tert-OH is 1. The van der Waals surface area contributed by atoms with Gasteiger partial charge in [-0.1, -0.05) is 6.07 Å². The van der Waals surface area contributed by atoms with Crippen LogP contribution < -0.4 is 10.5 Å². The van der Waals surface area contributed by atoms with Gasteiger partial charge in [0.2, 0.25) is 0 Å². The summed E-state index contributed by atoms with van der Waals surface area (Å²) >= 11 is 0. The smallest absolute Gasteiger partial charge is 0.323 e. The SMILES string of the molecule is COc1ccc([C@H](O)[C@@H](N)C(=O)O)cc1F. The summed E-state index contributed by atoms with van der Waals surface area (Å²) < 4.78 is 17.9. The average Bonchev–Trinajstić information content (AvgIpc) is 2.26. The number of benzene rings is 1. The number of carbonyl (C=O) groups is 1. The molecule has 0 spiro atoms. The summed E-state index contributed by atoms with van der Waals surface area (Å²) in [5.74, 6) is -2.03. The molecule has 0 aromatic heterocycles. The van der Waals surface area contributed by atoms with Crippen LogP contribution in [-0.4, -0.2) is 29.3 Å². The van der Waals surface area contributed by atoms with Crippen molar-refractivity contribution < 1.29 is 24.1 Å². The summed E-state index contributed by atoms with van der Waals surface area (Å²) in [4.78, 5) is 10.5. The third kappa shape index (κ3) is 2.47. The van der Waals surface area contributed by atoms with Crippen LogP contribution in [0, 0.1) is 5.82 Å². The van der Waals surface area contributed by atoms with E-state index >= 15 is 0 Å². The number of ether oxygens (including phenoxy) is 1. The van der Waals surface area contributed by atoms with Crippen LogP contribution >= 0.6 is 0 Å². The monoisotopic (exact) mass is 229 g/mol. The van der Waals surface area contributed by atoms with Crippen molar-refractivity contribution in [1.29, 1.82) is 0 Å². The highest BCUT2D eigenvalue weighted by Crippen LogP contribution is 2.23. The molecule has 88 valence electrons. The van der Waals surface area contributed by atoms with Crippen molar-refractivity contribution in [3.63, 3.8) is 0 Å². The Bertz CT molecular complexity index is 396. The van der Waals surface area contributed by atoms with Gasteiger partial charge in [-0.2, -0.15) is 0 Å². The molecule has 0 heterocycles. The first kappa shape index (κ1) is 12.4. The van der Waals surface area contributed by atoms with E-state index < -0.39 is 23.9 Å². The maximum absolute atomic E-state index is 13.3. The molecule has 0 saturated heterocycles. The van der Waals surface area contributed by atoms with Gasteiger partial charge in [-0.3, -0.25) is 4.79 Å². The Morgan fingerprint density at radius 2 is 2.19 bits per heavy atom. The van der Waals surface area contributed by atoms with E-state index in [0.717, 1.165) is 6.07 Å². The highest BCUT2D eigenvalue weighted by molar-refractivity contribution is 5.74. The summed E-state index contributed by atoms with van der Waals surface area (Å²) in [7, 11) is 1.30. The minimum Gasteiger partial charge on any atom is -0.494 e. The van der Waals surface area contributed by atoms with Crippen LogP contribution in [0.2, 0.25) is 0 Å². The van der Waals surface area contributed by atoms with Crippen molar-refractivity contribution in [3.05, 3.63) is 29.6 Å². The minimum absolute atomic E-state index is 0.0137. The lowest BCUT2D eigenvalue weighted by molar-refractivity contribution is -0.141. The zero-order valence-electron chi connectivity index (χ0n) is 8.55. The highest BCUT2D eigenvalue weighted by atomic mass is 19.1. The van der Waals surface area contributed by atoms with Crippen LogP contribution in [0.25, 0.3) is 0 Å². The van der Waals surface area contributed by atoms with Crippen molar-refractivity contribution in [2.45, 2.75) is 12.1 Å². The summed E-state index contributed by atoms with van der Waals surface area (Å²) in [5.41, 5.74) is 5.30. The molecule has 0 bridgehead atoms. The molecule has 0 radical (unpaired) electrons. The molecular weight excluding hydrogens is 217 g/mol. The number of hydrogen-bond acceptors (Lipinski definition) is 4. The molecule has 1 aromatic carbocycles. The lowest BCUT2D eigenvalue weighted by Crippen LogP contribution is -2.36. The van der Waals surface area contributed by atoms with E-state index in [1.54, 1.807) is 0 Å². The Labute approximate surface area is 91.3 Å². The molecule has 0 amide bonds. The standard InChI is InChI=1S/C10H12FNO4/c1-16-7-3-2-5(4-6(7)11)9(13)8(12)10(14)15/h2-4,8-9,13H,12H2,1H3,(H,14,15)/t8-,9+/m1/s1. The maximum atomic E-state index is 13.3. The second kappa shape index (κ2) is 4.91. The number of rotatable bonds is 4. The van der Waals surface area contributed by atoms with Gasteiger partial charge in [0.25, 0.3) is 0 Å². The average molecular weight is 229 g/mol. The topological polar surface area (TPSA) is 92.8 Å². The fourth-order valence-electron chi connectivity index (χ4n) is 1.21. The Kier molecular flexibility index (Phi) is 3.81. The van der Waals surface area contributed by atoms with Crippen LogP contribution in [0.1, 0.15) is 11.7 Å². The normalized spacial score (nSPS) is 14.2. The van der Waals surface area contributed by atoms with E-state index in [1.807, 2.05) is 0 Å². The maximum Gasteiger partial charge on any atom is 0.323 e. The Hall–Kier alpha value is -1.66. The summed E-state index contributed by atoms with van der Waals surface area (Å²) in [6, 6.07) is 2.15. The molecule has 0 unspecified atom stereocenters. The predicted octanol–water partition coefficient (Wildman–Crippen LogP) is 0.280. The van der Waals surface area contributed by atoms with Crippen molar-refractivity contribution in [2.24, 2.45) is 5.73 Å². The largest absolute Gasteiger partial charge is 0.494 e. The fraction of sp³-hybridized carbons (Fsp3) is 0.300. The van der Waals surface area contributed by atoms with E-state index in [0.29, 0.717) is 0 Å². The molecule has 0 aliphatic rings. The highest BCUT2D eigenvalue weighted by Gasteiger charge is 2.24. The zero-order valence-corrected chi connectivity index (χ0v) is 8.55. The van der Waals surface area contributed by atoms with Crippen molar-refractivity contribution >= 4 is 5.97 Å². The van der Waals surface area contributed by atoms with E-state index in [-0.39, 0.29) is 11.3 Å². The van der Waals surface area contributed by atoms with Gasteiger partial charge < -0.3 is 20.7 Å². The molecule has 0 saturated carbocycles. The van der Waals surface area contributed by atoms with E-state index in [1.165, 1.54) is 19.2 Å². The predicted molar refractivity (Wildman–Crippen MR) is 53.5 cm³/mol. The number of methoxy groups -OCH3 is 1. The number of hydrogen-bond donors (Lipinski definition) is 3. The molecule has 0 aliphatic heterocycles. The first-order chi connectivity index (χ1) is 7.47. The Balaban J connectivity index is 2.97. The van der Waals surface area contributed by atoms with Gasteiger partial charge in [0.05, 0.1) is 7.11 Å². The zero-order chi connectivity index (χ0) is 12.3. The van der Waals surface area contributed by atoms with Gasteiger partial charge in [-0.25, -0.2) is 4.39 Å². The molecular formula is C10H12FNO4. The van der Waals surface area contributed by atoms with Crippen molar-refractivity contribution in [2.75, 3.05) is 7.11 Å². The Morgan fingerprint density at radius 3 is 2.62 bits per heavy atom. The molecule has 0 aliphatic carbocycles. The van der Waals surface area contributed by atoms with Gasteiger partial charge in [0.15, 0.2) is 11.6 Å². The fourth-order valence-corrected chi connectivity index (χ4v) is 1.21. The van der Waals surface area contributed by atoms with E-state index in [4.69, 9.17) is 10.8 Å². The van der Waals surface area contributed by atoms with Crippen LogP contribution in [0.3, 0.4) is 0 Å². The van der Waals surface area contributed by atoms with Crippen LogP contribution in [-0.2, 0) is 4.79 Å². The molecule has 1 aromatic rings. The number of carboxylic acid groups (broad SMARTS) is 1. The van der Waals surface area contributed by atoms with Crippen LogP contribution in [0.4, 0.5) is 4.39 Å². The molecule has 16 heavy (non-hydrogen) atoms. The lowest BCUT2D eigenvalue weighted by atomic mass is 10.0. The summed E-state index contributed by atoms with van der Waals surface area (Å²) in [6.45, 7) is 0. The van der Waals surface area contributed by atoms with Crippen LogP contribution in [0.5, 0.6) is 5.75 Å². The number of carboxylic acids is 1. The molecule has 6 heteroatoms. The summed E-state index contributed by atoms with van der Waals surface area (Å²) in [6.07, 6.45) is -1.46. The van der Waals surface area contributed by atoms with Gasteiger partial charge in [0.1, 0.15) is 12.1 Å². The number of aliphatic carboxylic acids is 1. The second-order valence-corrected chi connectivity index (χ2v) is 3.20. The molecule has 2 atom stereocenters. The molecule has 4 N–H and O–H groups in total. The third-order valence-corrected chi connectivity index (χ3v) is 2.14. The van der Waals surface area contributed by atoms with E-state index in [9.17, 15) is 14.3 Å². The minimum atomic E-state index is -1.49. The molecule has 1 rings (SSSR count). The van der Waals surface area contributed by atoms with Gasteiger partial charge in [-0.15, -0.1) is 0 Å². The third-order valence-electron chi connectivity index (χ3n) is 2.14. The van der Waals surface area contributed by atoms with Crippen molar-refractivity contribution in [1.82, 2.24) is 0 Å². The van der Waals surface area contributed by atoms with E-state index in [2.05, 4.69) is 4.74 Å². The first-order valence-electron chi connectivity index (χ1n) is 4.47. The number of nitrogens with two attached hydrogens (primary N) is 1. The lowest BCUT2D eigenvalue weighted by Gasteiger charge is -2.15. The number of aliphatic hydroxyl groups is 1. The Morgan fingerprint density at radius 1 is 1.56 bits per heavy atom. The molecule has 0 fully saturated rings. The summed E-state index contributed by atoms with van der Waals surface area (Å²) in [5, 5.41) is 18.1. The van der Waals surface area contributed by atoms with Gasteiger partial charge in [0, 0.05) is 0 Å². The number of halogens is 1. The van der Waals surface area contributed by atoms with Gasteiger partial charge >= 0.3 is 5.97 Å².